The highest BCUT2D eigenvalue weighted by atomic mass is 127. The van der Waals surface area contributed by atoms with Crippen LogP contribution in [0.25, 0.3) is 0 Å². The van der Waals surface area contributed by atoms with E-state index in [1.54, 1.807) is 23.1 Å². The van der Waals surface area contributed by atoms with Gasteiger partial charge >= 0.3 is 6.03 Å². The highest BCUT2D eigenvalue weighted by molar-refractivity contribution is 6.35. The van der Waals surface area contributed by atoms with Gasteiger partial charge in [-0.05, 0) is 18.2 Å². The molecule has 2 amide bonds. The number of nitrogens with one attached hydrogen (secondary N) is 1. The van der Waals surface area contributed by atoms with Crippen LogP contribution in [-0.4, -0.2) is 66.9 Å². The molecule has 2 N–H and O–H groups in total. The summed E-state index contributed by atoms with van der Waals surface area (Å²) in [6.45, 7) is 3.89. The first kappa shape index (κ1) is 19.8. The fourth-order valence-electron chi connectivity index (χ4n) is 2.44. The molecule has 1 aromatic rings. The maximum absolute atomic E-state index is 12.2. The average Bonchev–Trinajstić information content (AvgIpc) is 2.38. The molecule has 1 aromatic carbocycles. The second-order valence-electron chi connectivity index (χ2n) is 5.59. The van der Waals surface area contributed by atoms with Crippen molar-refractivity contribution in [1.29, 1.82) is 0 Å². The molecule has 124 valence electrons. The zero-order chi connectivity index (χ0) is 15.5. The molecule has 1 fully saturated rings. The molecule has 0 saturated carbocycles. The van der Waals surface area contributed by atoms with Crippen LogP contribution in [0.1, 0.15) is 0 Å². The third kappa shape index (κ3) is 5.42. The summed E-state index contributed by atoms with van der Waals surface area (Å²) in [6, 6.07) is 4.81. The first-order valence-corrected chi connectivity index (χ1v) is 7.64. The number of hydrogen-bond donors (Lipinski definition) is 2. The third-order valence-electron chi connectivity index (χ3n) is 3.86. The second kappa shape index (κ2) is 8.54. The molecule has 5 nitrogen and oxygen atoms in total. The lowest BCUT2D eigenvalue weighted by Gasteiger charge is -2.41. The number of hydrogen-bond acceptors (Lipinski definition) is 2. The van der Waals surface area contributed by atoms with Gasteiger partial charge in [0, 0.05) is 15.7 Å². The van der Waals surface area contributed by atoms with Crippen molar-refractivity contribution in [2.24, 2.45) is 0 Å². The number of piperazine rings is 1. The number of quaternary nitrogens is 1. The quantitative estimate of drug-likeness (QED) is 0.463. The number of carbonyl (C=O) groups excluding carboxylic acids is 1. The predicted octanol–water partition coefficient (Wildman–Crippen LogP) is -0.716. The van der Waals surface area contributed by atoms with Crippen LogP contribution in [0.5, 0.6) is 0 Å². The van der Waals surface area contributed by atoms with Gasteiger partial charge in [0.15, 0.2) is 0 Å². The Hall–Kier alpha value is -0.280. The molecule has 0 radical (unpaired) electrons. The number of aliphatic hydroxyl groups excluding tert-OH is 1. The van der Waals surface area contributed by atoms with Crippen molar-refractivity contribution in [3.8, 4) is 0 Å². The maximum Gasteiger partial charge on any atom is 0.322 e. The smallest absolute Gasteiger partial charge is 0.322 e. The van der Waals surface area contributed by atoms with Gasteiger partial charge in [0.2, 0.25) is 0 Å². The molecule has 1 aliphatic heterocycles. The van der Waals surface area contributed by atoms with E-state index in [9.17, 15) is 4.79 Å². The van der Waals surface area contributed by atoms with Crippen molar-refractivity contribution in [1.82, 2.24) is 4.90 Å². The molecule has 1 heterocycles. The molecule has 0 bridgehead atoms. The topological polar surface area (TPSA) is 52.6 Å². The van der Waals surface area contributed by atoms with E-state index in [-0.39, 0.29) is 36.6 Å². The van der Waals surface area contributed by atoms with E-state index in [0.717, 1.165) is 24.1 Å². The zero-order valence-corrected chi connectivity index (χ0v) is 16.0. The summed E-state index contributed by atoms with van der Waals surface area (Å²) in [5, 5.41) is 12.9. The minimum absolute atomic E-state index is 0. The molecule has 0 atom stereocenters. The predicted molar refractivity (Wildman–Crippen MR) is 84.9 cm³/mol. The van der Waals surface area contributed by atoms with E-state index < -0.39 is 0 Å². The third-order valence-corrected chi connectivity index (χ3v) is 4.30. The summed E-state index contributed by atoms with van der Waals surface area (Å²) in [6.07, 6.45) is 0. The summed E-state index contributed by atoms with van der Waals surface area (Å²) in [7, 11) is 2.10. The van der Waals surface area contributed by atoms with Crippen molar-refractivity contribution < 1.29 is 38.4 Å². The number of halogens is 3. The summed E-state index contributed by atoms with van der Waals surface area (Å²) < 4.78 is 0.795. The number of rotatable bonds is 3. The fraction of sp³-hybridized carbons (Fsp3) is 0.500. The van der Waals surface area contributed by atoms with Crippen molar-refractivity contribution >= 4 is 34.9 Å². The minimum Gasteiger partial charge on any atom is -1.00 e. The van der Waals surface area contributed by atoms with Crippen molar-refractivity contribution in [3.05, 3.63) is 28.2 Å². The van der Waals surface area contributed by atoms with Crippen LogP contribution >= 0.6 is 23.2 Å². The SMILES string of the molecule is C[N+]1(CCO)CCN(C(=O)Nc2cc(Cl)cc(Cl)c2)CC1.[I-]. The average molecular weight is 460 g/mol. The van der Waals surface area contributed by atoms with Crippen LogP contribution < -0.4 is 29.3 Å². The van der Waals surface area contributed by atoms with Gasteiger partial charge in [0.05, 0.1) is 39.8 Å². The number of urea groups is 1. The lowest BCUT2D eigenvalue weighted by atomic mass is 10.2. The first-order valence-electron chi connectivity index (χ1n) is 6.88. The Balaban J connectivity index is 0.00000242. The molecule has 1 saturated heterocycles. The van der Waals surface area contributed by atoms with E-state index in [1.165, 1.54) is 0 Å². The summed E-state index contributed by atoms with van der Waals surface area (Å²) in [5.74, 6) is 0. The van der Waals surface area contributed by atoms with E-state index in [1.807, 2.05) is 0 Å². The molecule has 22 heavy (non-hydrogen) atoms. The monoisotopic (exact) mass is 459 g/mol. The first-order chi connectivity index (χ1) is 9.92. The molecule has 1 aliphatic rings. The Morgan fingerprint density at radius 3 is 2.32 bits per heavy atom. The lowest BCUT2D eigenvalue weighted by Crippen LogP contribution is -3.00. The number of benzene rings is 1. The van der Waals surface area contributed by atoms with E-state index in [2.05, 4.69) is 12.4 Å². The molecular formula is C14H20Cl2IN3O2. The highest BCUT2D eigenvalue weighted by Gasteiger charge is 2.30. The molecule has 0 aliphatic carbocycles. The summed E-state index contributed by atoms with van der Waals surface area (Å²) in [5.41, 5.74) is 0.593. The molecular weight excluding hydrogens is 440 g/mol. The van der Waals surface area contributed by atoms with E-state index in [4.69, 9.17) is 28.3 Å². The van der Waals surface area contributed by atoms with Crippen molar-refractivity contribution in [3.63, 3.8) is 0 Å². The number of carbonyl (C=O) groups is 1. The van der Waals surface area contributed by atoms with E-state index >= 15 is 0 Å². The maximum atomic E-state index is 12.2. The minimum atomic E-state index is -0.149. The number of amides is 2. The van der Waals surface area contributed by atoms with Crippen LogP contribution in [0.2, 0.25) is 10.0 Å². The standard InChI is InChI=1S/C14H19Cl2N3O2.HI/c1-19(6-7-20)4-2-18(3-5-19)14(21)17-13-9-11(15)8-12(16)10-13;/h8-10,20H,2-7H2,1H3;1H. The molecule has 2 rings (SSSR count). The summed E-state index contributed by atoms with van der Waals surface area (Å²) in [4.78, 5) is 14.0. The van der Waals surface area contributed by atoms with Crippen LogP contribution in [0, 0.1) is 0 Å². The number of likely N-dealkylation sites (N-methyl/N-ethyl adjacent to an activating group) is 1. The van der Waals surface area contributed by atoms with Gasteiger partial charge in [0.1, 0.15) is 6.54 Å². The Labute approximate surface area is 157 Å². The van der Waals surface area contributed by atoms with Crippen LogP contribution in [-0.2, 0) is 0 Å². The van der Waals surface area contributed by atoms with Gasteiger partial charge in [-0.15, -0.1) is 0 Å². The molecule has 0 aromatic heterocycles. The van der Waals surface area contributed by atoms with E-state index in [0.29, 0.717) is 28.8 Å². The van der Waals surface area contributed by atoms with Gasteiger partial charge in [0.25, 0.3) is 0 Å². The number of anilines is 1. The Morgan fingerprint density at radius 1 is 1.27 bits per heavy atom. The molecule has 8 heteroatoms. The van der Waals surface area contributed by atoms with Gasteiger partial charge in [-0.25, -0.2) is 4.79 Å². The largest absolute Gasteiger partial charge is 1.00 e. The van der Waals surface area contributed by atoms with Gasteiger partial charge in [-0.2, -0.15) is 0 Å². The zero-order valence-electron chi connectivity index (χ0n) is 12.4. The molecule has 0 unspecified atom stereocenters. The second-order valence-corrected chi connectivity index (χ2v) is 6.46. The number of nitrogens with zero attached hydrogens (tertiary/aromatic N) is 2. The Kier molecular flexibility index (Phi) is 7.67. The lowest BCUT2D eigenvalue weighted by molar-refractivity contribution is -0.913. The highest BCUT2D eigenvalue weighted by Crippen LogP contribution is 2.23. The number of aliphatic hydroxyl groups is 1. The Bertz CT molecular complexity index is 503. The van der Waals surface area contributed by atoms with Gasteiger partial charge < -0.3 is 43.8 Å². The van der Waals surface area contributed by atoms with Gasteiger partial charge in [-0.3, -0.25) is 0 Å². The van der Waals surface area contributed by atoms with Gasteiger partial charge in [-0.1, -0.05) is 23.2 Å². The van der Waals surface area contributed by atoms with Crippen molar-refractivity contribution in [2.75, 3.05) is 51.7 Å². The fourth-order valence-corrected chi connectivity index (χ4v) is 2.97. The van der Waals surface area contributed by atoms with Crippen LogP contribution in [0.3, 0.4) is 0 Å². The van der Waals surface area contributed by atoms with Crippen LogP contribution in [0.4, 0.5) is 10.5 Å². The molecule has 0 spiro atoms. The van der Waals surface area contributed by atoms with Crippen molar-refractivity contribution in [2.45, 2.75) is 0 Å². The summed E-state index contributed by atoms with van der Waals surface area (Å²) >= 11 is 11.8. The normalized spacial score (nSPS) is 16.8. The van der Waals surface area contributed by atoms with Crippen LogP contribution in [0.15, 0.2) is 18.2 Å². The Morgan fingerprint density at radius 2 is 1.82 bits per heavy atom.